The normalized spacial score (nSPS) is 17.7. The van der Waals surface area contributed by atoms with Crippen molar-refractivity contribution in [2.75, 3.05) is 36.8 Å². The second-order valence-corrected chi connectivity index (χ2v) is 7.08. The highest BCUT2D eigenvalue weighted by Crippen LogP contribution is 2.21. The van der Waals surface area contributed by atoms with Crippen LogP contribution in [0.1, 0.15) is 18.9 Å². The van der Waals surface area contributed by atoms with Gasteiger partial charge in [-0.2, -0.15) is 4.31 Å². The summed E-state index contributed by atoms with van der Waals surface area (Å²) in [5, 5.41) is 0. The van der Waals surface area contributed by atoms with E-state index in [1.165, 1.54) is 11.3 Å². The molecule has 1 fully saturated rings. The fraction of sp³-hybridized carbons (Fsp3) is 0.571. The molecule has 0 radical (unpaired) electrons. The first-order chi connectivity index (χ1) is 9.04. The van der Waals surface area contributed by atoms with Gasteiger partial charge in [0.1, 0.15) is 0 Å². The summed E-state index contributed by atoms with van der Waals surface area (Å²) >= 11 is 0. The number of nitrogens with zero attached hydrogens (tertiary/aromatic N) is 2. The van der Waals surface area contributed by atoms with Gasteiger partial charge in [-0.15, -0.1) is 0 Å². The molecule has 0 atom stereocenters. The number of hydrogen-bond acceptors (Lipinski definition) is 3. The summed E-state index contributed by atoms with van der Waals surface area (Å²) < 4.78 is 25.6. The van der Waals surface area contributed by atoms with Gasteiger partial charge in [-0.1, -0.05) is 25.1 Å². The van der Waals surface area contributed by atoms with Crippen molar-refractivity contribution in [3.8, 4) is 0 Å². The van der Waals surface area contributed by atoms with Crippen LogP contribution in [-0.2, 0) is 10.0 Å². The van der Waals surface area contributed by atoms with Crippen LogP contribution in [0.5, 0.6) is 0 Å². The largest absolute Gasteiger partial charge is 0.369 e. The van der Waals surface area contributed by atoms with Crippen LogP contribution in [0.4, 0.5) is 5.69 Å². The van der Waals surface area contributed by atoms with Gasteiger partial charge in [-0.3, -0.25) is 0 Å². The van der Waals surface area contributed by atoms with Crippen LogP contribution in [0.2, 0.25) is 0 Å². The molecule has 1 heterocycles. The van der Waals surface area contributed by atoms with Gasteiger partial charge in [-0.25, -0.2) is 8.42 Å². The van der Waals surface area contributed by atoms with Crippen molar-refractivity contribution in [3.05, 3.63) is 29.8 Å². The van der Waals surface area contributed by atoms with Gasteiger partial charge >= 0.3 is 0 Å². The van der Waals surface area contributed by atoms with Gasteiger partial charge in [-0.05, 0) is 25.0 Å². The van der Waals surface area contributed by atoms with Crippen molar-refractivity contribution in [2.45, 2.75) is 20.3 Å². The van der Waals surface area contributed by atoms with Crippen LogP contribution in [0.3, 0.4) is 0 Å². The van der Waals surface area contributed by atoms with Crippen LogP contribution in [-0.4, -0.2) is 44.7 Å². The molecule has 0 aromatic heterocycles. The molecule has 0 bridgehead atoms. The van der Waals surface area contributed by atoms with Crippen molar-refractivity contribution >= 4 is 15.7 Å². The third-order valence-corrected chi connectivity index (χ3v) is 5.63. The van der Waals surface area contributed by atoms with Crippen LogP contribution in [0.25, 0.3) is 0 Å². The summed E-state index contributed by atoms with van der Waals surface area (Å²) in [7, 11) is -3.04. The van der Waals surface area contributed by atoms with Crippen LogP contribution in [0, 0.1) is 6.92 Å². The zero-order valence-electron chi connectivity index (χ0n) is 11.7. The van der Waals surface area contributed by atoms with Gasteiger partial charge in [0.2, 0.25) is 10.0 Å². The minimum absolute atomic E-state index is 0.261. The molecule has 1 aliphatic heterocycles. The number of anilines is 1. The van der Waals surface area contributed by atoms with Crippen molar-refractivity contribution in [1.29, 1.82) is 0 Å². The summed E-state index contributed by atoms with van der Waals surface area (Å²) in [4.78, 5) is 2.27. The number of piperazine rings is 1. The van der Waals surface area contributed by atoms with E-state index in [-0.39, 0.29) is 5.75 Å². The first-order valence-electron chi connectivity index (χ1n) is 6.83. The molecule has 0 amide bonds. The van der Waals surface area contributed by atoms with E-state index < -0.39 is 10.0 Å². The Balaban J connectivity index is 2.02. The second-order valence-electron chi connectivity index (χ2n) is 4.99. The highest BCUT2D eigenvalue weighted by molar-refractivity contribution is 7.89. The average Bonchev–Trinajstić information content (AvgIpc) is 2.39. The van der Waals surface area contributed by atoms with Crippen molar-refractivity contribution in [1.82, 2.24) is 4.31 Å². The summed E-state index contributed by atoms with van der Waals surface area (Å²) in [6, 6.07) is 8.25. The molecule has 106 valence electrons. The smallest absolute Gasteiger partial charge is 0.214 e. The number of sulfonamides is 1. The Bertz CT molecular complexity index is 520. The average molecular weight is 282 g/mol. The van der Waals surface area contributed by atoms with E-state index in [4.69, 9.17) is 0 Å². The zero-order valence-corrected chi connectivity index (χ0v) is 12.5. The van der Waals surface area contributed by atoms with Gasteiger partial charge < -0.3 is 4.90 Å². The summed E-state index contributed by atoms with van der Waals surface area (Å²) in [5.74, 6) is 0.261. The Kier molecular flexibility index (Phi) is 4.47. The molecular formula is C14H22N2O2S. The van der Waals surface area contributed by atoms with Gasteiger partial charge in [0, 0.05) is 31.9 Å². The first-order valence-corrected chi connectivity index (χ1v) is 8.44. The molecule has 1 aliphatic rings. The maximum Gasteiger partial charge on any atom is 0.214 e. The lowest BCUT2D eigenvalue weighted by Gasteiger charge is -2.36. The molecule has 0 saturated carbocycles. The first kappa shape index (κ1) is 14.3. The van der Waals surface area contributed by atoms with Crippen LogP contribution >= 0.6 is 0 Å². The Morgan fingerprint density at radius 2 is 1.74 bits per heavy atom. The predicted octanol–water partition coefficient (Wildman–Crippen LogP) is 1.86. The molecule has 19 heavy (non-hydrogen) atoms. The van der Waals surface area contributed by atoms with Crippen LogP contribution < -0.4 is 4.90 Å². The Morgan fingerprint density at radius 3 is 2.32 bits per heavy atom. The van der Waals surface area contributed by atoms with E-state index in [0.717, 1.165) is 13.1 Å². The zero-order chi connectivity index (χ0) is 13.9. The minimum atomic E-state index is -3.04. The SMILES string of the molecule is CCCS(=O)(=O)N1CCN(c2ccccc2C)CC1. The molecule has 0 unspecified atom stereocenters. The fourth-order valence-corrected chi connectivity index (χ4v) is 4.01. The van der Waals surface area contributed by atoms with Gasteiger partial charge in [0.25, 0.3) is 0 Å². The van der Waals surface area contributed by atoms with E-state index >= 15 is 0 Å². The summed E-state index contributed by atoms with van der Waals surface area (Å²) in [5.41, 5.74) is 2.46. The molecule has 0 N–H and O–H groups in total. The fourth-order valence-electron chi connectivity index (χ4n) is 2.51. The Labute approximate surface area is 116 Å². The maximum atomic E-state index is 12.0. The van der Waals surface area contributed by atoms with Crippen molar-refractivity contribution in [2.24, 2.45) is 0 Å². The third kappa shape index (κ3) is 3.28. The molecule has 1 aromatic carbocycles. The van der Waals surface area contributed by atoms with E-state index in [1.807, 2.05) is 19.1 Å². The van der Waals surface area contributed by atoms with Crippen molar-refractivity contribution < 1.29 is 8.42 Å². The lowest BCUT2D eigenvalue weighted by atomic mass is 10.1. The van der Waals surface area contributed by atoms with Gasteiger partial charge in [0.05, 0.1) is 5.75 Å². The molecule has 1 aromatic rings. The predicted molar refractivity (Wildman–Crippen MR) is 79.0 cm³/mol. The number of benzene rings is 1. The lowest BCUT2D eigenvalue weighted by molar-refractivity contribution is 0.384. The quantitative estimate of drug-likeness (QED) is 0.846. The molecule has 0 spiro atoms. The molecule has 5 heteroatoms. The maximum absolute atomic E-state index is 12.0. The summed E-state index contributed by atoms with van der Waals surface area (Å²) in [6.07, 6.45) is 0.681. The molecule has 1 saturated heterocycles. The molecule has 4 nitrogen and oxygen atoms in total. The highest BCUT2D eigenvalue weighted by Gasteiger charge is 2.26. The van der Waals surface area contributed by atoms with Crippen LogP contribution in [0.15, 0.2) is 24.3 Å². The topological polar surface area (TPSA) is 40.6 Å². The molecule has 2 rings (SSSR count). The van der Waals surface area contributed by atoms with E-state index in [0.29, 0.717) is 19.5 Å². The monoisotopic (exact) mass is 282 g/mol. The van der Waals surface area contributed by atoms with E-state index in [2.05, 4.69) is 24.0 Å². The summed E-state index contributed by atoms with van der Waals surface area (Å²) in [6.45, 7) is 6.73. The number of rotatable bonds is 4. The lowest BCUT2D eigenvalue weighted by Crippen LogP contribution is -2.49. The van der Waals surface area contributed by atoms with E-state index in [1.54, 1.807) is 4.31 Å². The van der Waals surface area contributed by atoms with E-state index in [9.17, 15) is 8.42 Å². The Hall–Kier alpha value is -1.07. The molecular weight excluding hydrogens is 260 g/mol. The third-order valence-electron chi connectivity index (χ3n) is 3.55. The standard InChI is InChI=1S/C14H22N2O2S/c1-3-12-19(17,18)16-10-8-15(9-11-16)14-7-5-4-6-13(14)2/h4-7H,3,8-12H2,1-2H3. The number of para-hydroxylation sites is 1. The second kappa shape index (κ2) is 5.92. The number of hydrogen-bond donors (Lipinski definition) is 0. The minimum Gasteiger partial charge on any atom is -0.369 e. The number of aryl methyl sites for hydroxylation is 1. The van der Waals surface area contributed by atoms with Gasteiger partial charge in [0.15, 0.2) is 0 Å². The van der Waals surface area contributed by atoms with Crippen molar-refractivity contribution in [3.63, 3.8) is 0 Å². The highest BCUT2D eigenvalue weighted by atomic mass is 32.2. The molecule has 0 aliphatic carbocycles. The Morgan fingerprint density at radius 1 is 1.11 bits per heavy atom.